The quantitative estimate of drug-likeness (QED) is 0.853. The Hall–Kier alpha value is -2.56. The summed E-state index contributed by atoms with van der Waals surface area (Å²) >= 11 is 0. The van der Waals surface area contributed by atoms with Gasteiger partial charge in [0.25, 0.3) is 5.91 Å². The minimum atomic E-state index is -1.14. The van der Waals surface area contributed by atoms with Crippen molar-refractivity contribution in [2.45, 2.75) is 39.4 Å². The van der Waals surface area contributed by atoms with Gasteiger partial charge in [-0.25, -0.2) is 4.39 Å². The van der Waals surface area contributed by atoms with Gasteiger partial charge in [0, 0.05) is 0 Å². The van der Waals surface area contributed by atoms with Crippen molar-refractivity contribution in [1.82, 2.24) is 0 Å². The Bertz CT molecular complexity index is 696. The lowest BCUT2D eigenvalue weighted by Gasteiger charge is -2.26. The zero-order valence-corrected chi connectivity index (χ0v) is 14.3. The first kappa shape index (κ1) is 17.8. The van der Waals surface area contributed by atoms with Crippen LogP contribution in [0, 0.1) is 5.82 Å². The largest absolute Gasteiger partial charge is 0.489 e. The number of hydrogen-bond donors (Lipinski definition) is 1. The van der Waals surface area contributed by atoms with E-state index in [1.165, 1.54) is 24.3 Å². The van der Waals surface area contributed by atoms with E-state index in [1.54, 1.807) is 26.0 Å². The number of benzene rings is 2. The fourth-order valence-electron chi connectivity index (χ4n) is 2.04. The second-order valence-electron chi connectivity index (χ2n) is 6.18. The van der Waals surface area contributed by atoms with Crippen molar-refractivity contribution in [2.24, 2.45) is 0 Å². The van der Waals surface area contributed by atoms with Gasteiger partial charge >= 0.3 is 0 Å². The fraction of sp³-hybridized carbons (Fsp3) is 0.316. The minimum Gasteiger partial charge on any atom is -0.489 e. The Morgan fingerprint density at radius 2 is 1.71 bits per heavy atom. The third-order valence-corrected chi connectivity index (χ3v) is 3.23. The average Bonchev–Trinajstić information content (AvgIpc) is 2.51. The molecule has 4 nitrogen and oxygen atoms in total. The highest BCUT2D eigenvalue weighted by Gasteiger charge is 2.30. The summed E-state index contributed by atoms with van der Waals surface area (Å²) in [6, 6.07) is 12.8. The molecule has 1 amide bonds. The molecule has 5 heteroatoms. The molecule has 0 aliphatic carbocycles. The summed E-state index contributed by atoms with van der Waals surface area (Å²) in [7, 11) is 0. The maximum atomic E-state index is 13.0. The molecule has 2 aromatic rings. The second-order valence-corrected chi connectivity index (χ2v) is 6.18. The van der Waals surface area contributed by atoms with E-state index in [0.717, 1.165) is 0 Å². The number of para-hydroxylation sites is 2. The van der Waals surface area contributed by atoms with Gasteiger partial charge in [-0.1, -0.05) is 12.1 Å². The highest BCUT2D eigenvalue weighted by Crippen LogP contribution is 2.27. The summed E-state index contributed by atoms with van der Waals surface area (Å²) in [5.74, 6) is 0.331. The third-order valence-electron chi connectivity index (χ3n) is 3.23. The molecule has 0 saturated heterocycles. The molecule has 0 unspecified atom stereocenters. The topological polar surface area (TPSA) is 47.6 Å². The van der Waals surface area contributed by atoms with Crippen molar-refractivity contribution in [3.63, 3.8) is 0 Å². The SMILES string of the molecule is CC(C)Oc1ccccc1NC(=O)C(C)(C)Oc1ccc(F)cc1. The number of halogens is 1. The van der Waals surface area contributed by atoms with Gasteiger partial charge in [0.1, 0.15) is 17.3 Å². The van der Waals surface area contributed by atoms with Crippen LogP contribution in [0.15, 0.2) is 48.5 Å². The van der Waals surface area contributed by atoms with Crippen LogP contribution in [0.3, 0.4) is 0 Å². The number of hydrogen-bond acceptors (Lipinski definition) is 3. The molecule has 24 heavy (non-hydrogen) atoms. The second kappa shape index (κ2) is 7.34. The van der Waals surface area contributed by atoms with Gasteiger partial charge in [-0.05, 0) is 64.1 Å². The van der Waals surface area contributed by atoms with Crippen molar-refractivity contribution in [2.75, 3.05) is 5.32 Å². The number of nitrogens with one attached hydrogen (secondary N) is 1. The molecular formula is C19H22FNO3. The van der Waals surface area contributed by atoms with Crippen LogP contribution >= 0.6 is 0 Å². The van der Waals surface area contributed by atoms with Gasteiger partial charge in [-0.15, -0.1) is 0 Å². The number of rotatable bonds is 6. The van der Waals surface area contributed by atoms with Crippen molar-refractivity contribution < 1.29 is 18.7 Å². The van der Waals surface area contributed by atoms with Crippen LogP contribution in [0.4, 0.5) is 10.1 Å². The summed E-state index contributed by atoms with van der Waals surface area (Å²) in [4.78, 5) is 12.6. The first-order chi connectivity index (χ1) is 11.3. The predicted molar refractivity (Wildman–Crippen MR) is 91.9 cm³/mol. The zero-order valence-electron chi connectivity index (χ0n) is 14.3. The van der Waals surface area contributed by atoms with Gasteiger partial charge in [0.15, 0.2) is 5.60 Å². The molecule has 2 rings (SSSR count). The Labute approximate surface area is 141 Å². The molecule has 0 atom stereocenters. The summed E-state index contributed by atoms with van der Waals surface area (Å²) in [6.07, 6.45) is -0.00784. The molecule has 0 bridgehead atoms. The first-order valence-electron chi connectivity index (χ1n) is 7.79. The summed E-state index contributed by atoms with van der Waals surface area (Å²) in [6.45, 7) is 7.13. The van der Waals surface area contributed by atoms with Crippen molar-refractivity contribution in [3.8, 4) is 11.5 Å². The van der Waals surface area contributed by atoms with Gasteiger partial charge in [-0.2, -0.15) is 0 Å². The zero-order chi connectivity index (χ0) is 17.7. The number of amides is 1. The molecule has 1 N–H and O–H groups in total. The van der Waals surface area contributed by atoms with Crippen molar-refractivity contribution in [3.05, 3.63) is 54.3 Å². The van der Waals surface area contributed by atoms with Crippen LogP contribution in [0.2, 0.25) is 0 Å². The monoisotopic (exact) mass is 331 g/mol. The predicted octanol–water partition coefficient (Wildman–Crippen LogP) is 4.41. The Morgan fingerprint density at radius 3 is 2.33 bits per heavy atom. The fourth-order valence-corrected chi connectivity index (χ4v) is 2.04. The Balaban J connectivity index is 2.12. The molecule has 0 aromatic heterocycles. The third kappa shape index (κ3) is 4.72. The van der Waals surface area contributed by atoms with E-state index < -0.39 is 5.60 Å². The van der Waals surface area contributed by atoms with Gasteiger partial charge < -0.3 is 14.8 Å². The van der Waals surface area contributed by atoms with E-state index in [2.05, 4.69) is 5.32 Å². The molecule has 2 aromatic carbocycles. The van der Waals surface area contributed by atoms with Crippen LogP contribution in [-0.2, 0) is 4.79 Å². The summed E-state index contributed by atoms with van der Waals surface area (Å²) < 4.78 is 24.4. The number of ether oxygens (including phenoxy) is 2. The van der Waals surface area contributed by atoms with E-state index in [1.807, 2.05) is 26.0 Å². The van der Waals surface area contributed by atoms with Crippen LogP contribution in [0.25, 0.3) is 0 Å². The normalized spacial score (nSPS) is 11.2. The van der Waals surface area contributed by atoms with Gasteiger partial charge in [-0.3, -0.25) is 4.79 Å². The van der Waals surface area contributed by atoms with E-state index in [9.17, 15) is 9.18 Å². The average molecular weight is 331 g/mol. The lowest BCUT2D eigenvalue weighted by Crippen LogP contribution is -2.42. The van der Waals surface area contributed by atoms with E-state index in [-0.39, 0.29) is 17.8 Å². The van der Waals surface area contributed by atoms with Gasteiger partial charge in [0.2, 0.25) is 0 Å². The molecule has 0 heterocycles. The van der Waals surface area contributed by atoms with E-state index >= 15 is 0 Å². The minimum absolute atomic E-state index is 0.00784. The lowest BCUT2D eigenvalue weighted by atomic mass is 10.1. The van der Waals surface area contributed by atoms with Crippen LogP contribution < -0.4 is 14.8 Å². The van der Waals surface area contributed by atoms with Gasteiger partial charge in [0.05, 0.1) is 11.8 Å². The molecule has 128 valence electrons. The summed E-state index contributed by atoms with van der Waals surface area (Å²) in [5, 5.41) is 2.82. The highest BCUT2D eigenvalue weighted by atomic mass is 19.1. The Morgan fingerprint density at radius 1 is 1.08 bits per heavy atom. The standard InChI is InChI=1S/C19H22FNO3/c1-13(2)23-17-8-6-5-7-16(17)21-18(22)19(3,4)24-15-11-9-14(20)10-12-15/h5-13H,1-4H3,(H,21,22). The molecule has 0 radical (unpaired) electrons. The molecular weight excluding hydrogens is 309 g/mol. The number of carbonyl (C=O) groups is 1. The van der Waals surface area contributed by atoms with Crippen molar-refractivity contribution >= 4 is 11.6 Å². The van der Waals surface area contributed by atoms with Crippen LogP contribution in [0.1, 0.15) is 27.7 Å². The molecule has 0 fully saturated rings. The number of anilines is 1. The van der Waals surface area contributed by atoms with E-state index in [4.69, 9.17) is 9.47 Å². The van der Waals surface area contributed by atoms with Crippen LogP contribution in [0.5, 0.6) is 11.5 Å². The van der Waals surface area contributed by atoms with Crippen LogP contribution in [-0.4, -0.2) is 17.6 Å². The maximum absolute atomic E-state index is 13.0. The molecule has 0 aliphatic heterocycles. The highest BCUT2D eigenvalue weighted by molar-refractivity contribution is 5.98. The lowest BCUT2D eigenvalue weighted by molar-refractivity contribution is -0.128. The van der Waals surface area contributed by atoms with E-state index in [0.29, 0.717) is 17.2 Å². The molecule has 0 aliphatic rings. The summed E-state index contributed by atoms with van der Waals surface area (Å²) in [5.41, 5.74) is -0.560. The Kier molecular flexibility index (Phi) is 5.44. The molecule has 0 saturated carbocycles. The molecule has 0 spiro atoms. The maximum Gasteiger partial charge on any atom is 0.268 e. The smallest absolute Gasteiger partial charge is 0.268 e. The first-order valence-corrected chi connectivity index (χ1v) is 7.79. The van der Waals surface area contributed by atoms with Crippen molar-refractivity contribution in [1.29, 1.82) is 0 Å². The number of carbonyl (C=O) groups excluding carboxylic acids is 1.